The van der Waals surface area contributed by atoms with Gasteiger partial charge in [0.1, 0.15) is 0 Å². The first kappa shape index (κ1) is 12.2. The lowest BCUT2D eigenvalue weighted by molar-refractivity contribution is 0.339. The minimum absolute atomic E-state index is 0.378. The third-order valence-electron chi connectivity index (χ3n) is 3.18. The number of nitrogens with zero attached hydrogens (tertiary/aromatic N) is 1. The minimum Gasteiger partial charge on any atom is -0.490 e. The maximum atomic E-state index is 5.90. The van der Waals surface area contributed by atoms with Crippen molar-refractivity contribution < 1.29 is 4.74 Å². The largest absolute Gasteiger partial charge is 0.490 e. The summed E-state index contributed by atoms with van der Waals surface area (Å²) in [5.41, 5.74) is 5.90. The molecule has 1 aromatic rings. The Morgan fingerprint density at radius 1 is 1.41 bits per heavy atom. The number of hydrogen-bond acceptors (Lipinski definition) is 4. The van der Waals surface area contributed by atoms with Crippen LogP contribution in [0.1, 0.15) is 32.6 Å². The van der Waals surface area contributed by atoms with Gasteiger partial charge in [-0.3, -0.25) is 0 Å². The molecule has 1 fully saturated rings. The maximum Gasteiger partial charge on any atom is 0.168 e. The summed E-state index contributed by atoms with van der Waals surface area (Å²) in [6.45, 7) is 2.65. The van der Waals surface area contributed by atoms with Crippen LogP contribution >= 0.6 is 0 Å². The first-order valence-electron chi connectivity index (χ1n) is 6.39. The number of anilines is 1. The Kier molecular flexibility index (Phi) is 4.20. The minimum atomic E-state index is 0.378. The van der Waals surface area contributed by atoms with Gasteiger partial charge in [-0.2, -0.15) is 0 Å². The Labute approximate surface area is 103 Å². The first-order chi connectivity index (χ1) is 8.29. The molecule has 0 aliphatic heterocycles. The molecule has 0 aromatic carbocycles. The normalized spacial score (nSPS) is 24.4. The Morgan fingerprint density at radius 2 is 2.18 bits per heavy atom. The predicted molar refractivity (Wildman–Crippen MR) is 69.3 cm³/mol. The van der Waals surface area contributed by atoms with Crippen LogP contribution in [-0.2, 0) is 0 Å². The van der Waals surface area contributed by atoms with E-state index in [2.05, 4.69) is 10.3 Å². The lowest BCUT2D eigenvalue weighted by Gasteiger charge is -2.27. The molecule has 1 heterocycles. The molecule has 1 aromatic heterocycles. The molecule has 0 spiro atoms. The molecule has 3 N–H and O–H groups in total. The van der Waals surface area contributed by atoms with E-state index in [1.165, 1.54) is 0 Å². The molecule has 4 nitrogen and oxygen atoms in total. The van der Waals surface area contributed by atoms with Crippen molar-refractivity contribution in [3.63, 3.8) is 0 Å². The highest BCUT2D eigenvalue weighted by molar-refractivity contribution is 5.50. The third kappa shape index (κ3) is 3.33. The highest BCUT2D eigenvalue weighted by Gasteiger charge is 2.19. The van der Waals surface area contributed by atoms with Crippen molar-refractivity contribution in [3.8, 4) is 5.75 Å². The topological polar surface area (TPSA) is 60.2 Å². The van der Waals surface area contributed by atoms with Crippen LogP contribution < -0.4 is 15.8 Å². The Hall–Kier alpha value is -1.29. The molecule has 17 heavy (non-hydrogen) atoms. The first-order valence-corrected chi connectivity index (χ1v) is 6.39. The van der Waals surface area contributed by atoms with Crippen LogP contribution in [0.15, 0.2) is 18.3 Å². The molecule has 1 saturated carbocycles. The van der Waals surface area contributed by atoms with Crippen LogP contribution in [0.5, 0.6) is 5.75 Å². The van der Waals surface area contributed by atoms with Gasteiger partial charge in [0.15, 0.2) is 11.6 Å². The maximum absolute atomic E-state index is 5.90. The van der Waals surface area contributed by atoms with Crippen molar-refractivity contribution in [3.05, 3.63) is 18.3 Å². The molecule has 1 aliphatic carbocycles. The van der Waals surface area contributed by atoms with Gasteiger partial charge in [-0.15, -0.1) is 0 Å². The van der Waals surface area contributed by atoms with Crippen molar-refractivity contribution >= 4 is 5.82 Å². The van der Waals surface area contributed by atoms with Gasteiger partial charge in [-0.05, 0) is 44.7 Å². The van der Waals surface area contributed by atoms with Crippen LogP contribution in [0.2, 0.25) is 0 Å². The summed E-state index contributed by atoms with van der Waals surface area (Å²) < 4.78 is 5.55. The summed E-state index contributed by atoms with van der Waals surface area (Å²) in [6, 6.07) is 4.70. The van der Waals surface area contributed by atoms with E-state index in [1.54, 1.807) is 6.20 Å². The van der Waals surface area contributed by atoms with E-state index in [9.17, 15) is 0 Å². The highest BCUT2D eigenvalue weighted by Crippen LogP contribution is 2.25. The standard InChI is InChI=1S/C13H21N3O/c1-2-17-12-4-3-9-15-13(12)16-11-7-5-10(14)6-8-11/h3-4,9-11H,2,5-8,14H2,1H3,(H,15,16). The summed E-state index contributed by atoms with van der Waals surface area (Å²) in [5, 5.41) is 3.46. The Morgan fingerprint density at radius 3 is 2.88 bits per heavy atom. The average molecular weight is 235 g/mol. The monoisotopic (exact) mass is 235 g/mol. The van der Waals surface area contributed by atoms with Crippen LogP contribution in [0.4, 0.5) is 5.82 Å². The van der Waals surface area contributed by atoms with E-state index < -0.39 is 0 Å². The van der Waals surface area contributed by atoms with Gasteiger partial charge in [0.2, 0.25) is 0 Å². The molecule has 0 amide bonds. The van der Waals surface area contributed by atoms with Gasteiger partial charge >= 0.3 is 0 Å². The quantitative estimate of drug-likeness (QED) is 0.839. The number of nitrogens with two attached hydrogens (primary N) is 1. The van der Waals surface area contributed by atoms with Gasteiger partial charge in [0.05, 0.1) is 6.61 Å². The fraction of sp³-hybridized carbons (Fsp3) is 0.615. The van der Waals surface area contributed by atoms with Crippen LogP contribution in [0, 0.1) is 0 Å². The number of aromatic nitrogens is 1. The van der Waals surface area contributed by atoms with E-state index in [-0.39, 0.29) is 0 Å². The predicted octanol–water partition coefficient (Wildman–Crippen LogP) is 2.16. The third-order valence-corrected chi connectivity index (χ3v) is 3.18. The van der Waals surface area contributed by atoms with E-state index in [0.717, 1.165) is 37.3 Å². The smallest absolute Gasteiger partial charge is 0.168 e. The molecule has 0 unspecified atom stereocenters. The van der Waals surface area contributed by atoms with Crippen molar-refractivity contribution in [2.75, 3.05) is 11.9 Å². The SMILES string of the molecule is CCOc1cccnc1NC1CCC(N)CC1. The summed E-state index contributed by atoms with van der Waals surface area (Å²) in [4.78, 5) is 4.34. The molecule has 2 rings (SSSR count). The molecule has 0 bridgehead atoms. The Bertz CT molecular complexity index is 348. The van der Waals surface area contributed by atoms with Gasteiger partial charge in [-0.1, -0.05) is 0 Å². The molecule has 94 valence electrons. The number of nitrogens with one attached hydrogen (secondary N) is 1. The Balaban J connectivity index is 1.98. The number of ether oxygens (including phenoxy) is 1. The van der Waals surface area contributed by atoms with E-state index in [1.807, 2.05) is 19.1 Å². The summed E-state index contributed by atoms with van der Waals surface area (Å²) >= 11 is 0. The molecule has 1 aliphatic rings. The van der Waals surface area contributed by atoms with Gasteiger partial charge in [-0.25, -0.2) is 4.98 Å². The second-order valence-electron chi connectivity index (χ2n) is 4.54. The number of hydrogen-bond donors (Lipinski definition) is 2. The fourth-order valence-corrected chi connectivity index (χ4v) is 2.23. The number of pyridine rings is 1. The van der Waals surface area contributed by atoms with Gasteiger partial charge in [0, 0.05) is 18.3 Å². The van der Waals surface area contributed by atoms with Crippen LogP contribution in [0.3, 0.4) is 0 Å². The lowest BCUT2D eigenvalue weighted by atomic mass is 9.92. The lowest BCUT2D eigenvalue weighted by Crippen LogP contribution is -2.33. The van der Waals surface area contributed by atoms with Crippen molar-refractivity contribution in [2.45, 2.75) is 44.7 Å². The van der Waals surface area contributed by atoms with Crippen molar-refractivity contribution in [1.29, 1.82) is 0 Å². The summed E-state index contributed by atoms with van der Waals surface area (Å²) in [6.07, 6.45) is 6.20. The summed E-state index contributed by atoms with van der Waals surface area (Å²) in [7, 11) is 0. The molecular formula is C13H21N3O. The van der Waals surface area contributed by atoms with Gasteiger partial charge < -0.3 is 15.8 Å². The van der Waals surface area contributed by atoms with E-state index in [0.29, 0.717) is 18.7 Å². The van der Waals surface area contributed by atoms with Crippen LogP contribution in [-0.4, -0.2) is 23.7 Å². The molecule has 4 heteroatoms. The second-order valence-corrected chi connectivity index (χ2v) is 4.54. The van der Waals surface area contributed by atoms with E-state index in [4.69, 9.17) is 10.5 Å². The second kappa shape index (κ2) is 5.87. The zero-order valence-corrected chi connectivity index (χ0v) is 10.4. The van der Waals surface area contributed by atoms with E-state index >= 15 is 0 Å². The fourth-order valence-electron chi connectivity index (χ4n) is 2.23. The highest BCUT2D eigenvalue weighted by atomic mass is 16.5. The zero-order chi connectivity index (χ0) is 12.1. The molecular weight excluding hydrogens is 214 g/mol. The van der Waals surface area contributed by atoms with Crippen molar-refractivity contribution in [1.82, 2.24) is 4.98 Å². The molecule has 0 radical (unpaired) electrons. The molecule has 0 saturated heterocycles. The number of rotatable bonds is 4. The zero-order valence-electron chi connectivity index (χ0n) is 10.4. The summed E-state index contributed by atoms with van der Waals surface area (Å²) in [5.74, 6) is 1.69. The van der Waals surface area contributed by atoms with Crippen molar-refractivity contribution in [2.24, 2.45) is 5.73 Å². The van der Waals surface area contributed by atoms with Gasteiger partial charge in [0.25, 0.3) is 0 Å². The molecule has 0 atom stereocenters. The van der Waals surface area contributed by atoms with Crippen LogP contribution in [0.25, 0.3) is 0 Å². The average Bonchev–Trinajstić information content (AvgIpc) is 2.35.